The minimum Gasteiger partial charge on any atom is -0.370 e. The van der Waals surface area contributed by atoms with E-state index in [1.165, 1.54) is 21.9 Å². The van der Waals surface area contributed by atoms with Gasteiger partial charge in [-0.2, -0.15) is 0 Å². The van der Waals surface area contributed by atoms with Crippen molar-refractivity contribution in [3.05, 3.63) is 72.1 Å². The highest BCUT2D eigenvalue weighted by atomic mass is 16.1. The van der Waals surface area contributed by atoms with Crippen LogP contribution in [0.1, 0.15) is 29.9 Å². The van der Waals surface area contributed by atoms with Gasteiger partial charge < -0.3 is 15.7 Å². The Hall–Kier alpha value is -3.01. The molecule has 0 aliphatic rings. The van der Waals surface area contributed by atoms with E-state index in [-0.39, 0.29) is 11.8 Å². The highest BCUT2D eigenvalue weighted by Gasteiger charge is 2.21. The first kappa shape index (κ1) is 14.6. The molecule has 0 fully saturated rings. The summed E-state index contributed by atoms with van der Waals surface area (Å²) in [5.74, 6) is -0.149. The van der Waals surface area contributed by atoms with Gasteiger partial charge in [0.2, 0.25) is 5.91 Å². The average Bonchev–Trinajstić information content (AvgIpc) is 3.20. The number of nitrogens with one attached hydrogen (secondary N) is 2. The number of hydrogen-bond donors (Lipinski definition) is 3. The normalized spacial score (nSPS) is 11.5. The van der Waals surface area contributed by atoms with Crippen molar-refractivity contribution in [1.29, 1.82) is 0 Å². The van der Waals surface area contributed by atoms with Gasteiger partial charge in [0.15, 0.2) is 0 Å². The summed E-state index contributed by atoms with van der Waals surface area (Å²) in [5, 5.41) is 2.38. The Bertz CT molecular complexity index is 938. The summed E-state index contributed by atoms with van der Waals surface area (Å²) < 4.78 is 0. The lowest BCUT2D eigenvalue weighted by Crippen LogP contribution is -2.12. The molecule has 0 bridgehead atoms. The lowest BCUT2D eigenvalue weighted by molar-refractivity contribution is -0.118. The fraction of sp³-hybridized carbons (Fsp3) is 0.150. The van der Waals surface area contributed by atoms with Gasteiger partial charge in [0, 0.05) is 46.5 Å². The number of primary amides is 1. The lowest BCUT2D eigenvalue weighted by atomic mass is 9.87. The summed E-state index contributed by atoms with van der Waals surface area (Å²) in [7, 11) is 0. The Labute approximate surface area is 139 Å². The van der Waals surface area contributed by atoms with Crippen LogP contribution in [0.5, 0.6) is 0 Å². The maximum absolute atomic E-state index is 11.4. The molecule has 4 N–H and O–H groups in total. The second-order valence-corrected chi connectivity index (χ2v) is 6.14. The van der Waals surface area contributed by atoms with Gasteiger partial charge in [-0.1, -0.05) is 36.4 Å². The first-order valence-corrected chi connectivity index (χ1v) is 8.14. The first-order chi connectivity index (χ1) is 11.7. The number of amides is 1. The molecular formula is C20H19N3O. The van der Waals surface area contributed by atoms with Gasteiger partial charge in [0.05, 0.1) is 0 Å². The maximum Gasteiger partial charge on any atom is 0.217 e. The Morgan fingerprint density at radius 1 is 0.875 bits per heavy atom. The zero-order chi connectivity index (χ0) is 16.5. The van der Waals surface area contributed by atoms with Gasteiger partial charge >= 0.3 is 0 Å². The number of carbonyl (C=O) groups excluding carboxylic acids is 1. The molecule has 2 aromatic heterocycles. The van der Waals surface area contributed by atoms with Crippen LogP contribution in [0.2, 0.25) is 0 Å². The molecule has 4 aromatic rings. The highest BCUT2D eigenvalue weighted by Crippen LogP contribution is 2.37. The molecule has 120 valence electrons. The topological polar surface area (TPSA) is 74.7 Å². The maximum atomic E-state index is 11.4. The van der Waals surface area contributed by atoms with Gasteiger partial charge in [0.1, 0.15) is 0 Å². The average molecular weight is 317 g/mol. The number of rotatable bonds is 5. The number of aromatic nitrogens is 2. The third kappa shape index (κ3) is 2.46. The van der Waals surface area contributed by atoms with E-state index in [1.54, 1.807) is 0 Å². The lowest BCUT2D eigenvalue weighted by Gasteiger charge is -2.16. The summed E-state index contributed by atoms with van der Waals surface area (Å²) >= 11 is 0. The van der Waals surface area contributed by atoms with Crippen LogP contribution in [0.4, 0.5) is 0 Å². The summed E-state index contributed by atoms with van der Waals surface area (Å²) in [6.45, 7) is 0. The van der Waals surface area contributed by atoms with Crippen LogP contribution in [0.25, 0.3) is 21.8 Å². The molecule has 0 aliphatic carbocycles. The smallest absolute Gasteiger partial charge is 0.217 e. The van der Waals surface area contributed by atoms with Crippen molar-refractivity contribution in [2.75, 3.05) is 0 Å². The van der Waals surface area contributed by atoms with Gasteiger partial charge in [-0.25, -0.2) is 0 Å². The minimum absolute atomic E-state index is 0.116. The monoisotopic (exact) mass is 317 g/mol. The Balaban J connectivity index is 1.86. The van der Waals surface area contributed by atoms with E-state index >= 15 is 0 Å². The van der Waals surface area contributed by atoms with Gasteiger partial charge in [-0.3, -0.25) is 4.79 Å². The molecule has 0 unspecified atom stereocenters. The Kier molecular flexibility index (Phi) is 3.58. The standard InChI is InChI=1S/C20H19N3O/c21-20(24)10-9-13(16-11-22-18-7-3-1-5-14(16)18)17-12-23-19-8-4-2-6-15(17)19/h1-8,11-13,22-23H,9-10H2,(H2,21,24). The van der Waals surface area contributed by atoms with E-state index < -0.39 is 0 Å². The van der Waals surface area contributed by atoms with E-state index in [1.807, 2.05) is 24.3 Å². The molecule has 0 aliphatic heterocycles. The summed E-state index contributed by atoms with van der Waals surface area (Å²) in [6.07, 6.45) is 5.17. The van der Waals surface area contributed by atoms with Crippen LogP contribution in [-0.4, -0.2) is 15.9 Å². The summed E-state index contributed by atoms with van der Waals surface area (Å²) in [5.41, 5.74) is 10.0. The molecule has 0 spiro atoms. The van der Waals surface area contributed by atoms with E-state index in [0.717, 1.165) is 11.0 Å². The molecule has 24 heavy (non-hydrogen) atoms. The summed E-state index contributed by atoms with van der Waals surface area (Å²) in [6, 6.07) is 16.5. The van der Waals surface area contributed by atoms with Gasteiger partial charge in [-0.15, -0.1) is 0 Å². The number of hydrogen-bond acceptors (Lipinski definition) is 1. The molecule has 2 heterocycles. The van der Waals surface area contributed by atoms with Crippen molar-refractivity contribution < 1.29 is 4.79 Å². The molecule has 4 rings (SSSR count). The van der Waals surface area contributed by atoms with Crippen LogP contribution in [0.15, 0.2) is 60.9 Å². The SMILES string of the molecule is NC(=O)CCC(c1c[nH]c2ccccc12)c1c[nH]c2ccccc12. The largest absolute Gasteiger partial charge is 0.370 e. The zero-order valence-corrected chi connectivity index (χ0v) is 13.3. The van der Waals surface area contributed by atoms with Crippen LogP contribution in [0, 0.1) is 0 Å². The summed E-state index contributed by atoms with van der Waals surface area (Å²) in [4.78, 5) is 18.1. The quantitative estimate of drug-likeness (QED) is 0.510. The van der Waals surface area contributed by atoms with Crippen molar-refractivity contribution in [2.45, 2.75) is 18.8 Å². The van der Waals surface area contributed by atoms with Gasteiger partial charge in [-0.05, 0) is 29.7 Å². The van der Waals surface area contributed by atoms with E-state index in [4.69, 9.17) is 5.73 Å². The molecule has 2 aromatic carbocycles. The van der Waals surface area contributed by atoms with E-state index in [0.29, 0.717) is 12.8 Å². The predicted octanol–water partition coefficient (Wildman–Crippen LogP) is 4.05. The molecule has 4 nitrogen and oxygen atoms in total. The van der Waals surface area contributed by atoms with Crippen molar-refractivity contribution in [1.82, 2.24) is 9.97 Å². The molecule has 0 saturated carbocycles. The van der Waals surface area contributed by atoms with Crippen molar-refractivity contribution in [3.8, 4) is 0 Å². The van der Waals surface area contributed by atoms with Crippen LogP contribution < -0.4 is 5.73 Å². The van der Waals surface area contributed by atoms with Crippen LogP contribution in [-0.2, 0) is 4.79 Å². The fourth-order valence-electron chi connectivity index (χ4n) is 3.53. The number of H-pyrrole nitrogens is 2. The Morgan fingerprint density at radius 3 is 1.88 bits per heavy atom. The van der Waals surface area contributed by atoms with E-state index in [2.05, 4.69) is 46.6 Å². The van der Waals surface area contributed by atoms with Crippen LogP contribution >= 0.6 is 0 Å². The van der Waals surface area contributed by atoms with Crippen molar-refractivity contribution in [2.24, 2.45) is 5.73 Å². The third-order valence-corrected chi connectivity index (χ3v) is 4.67. The number of nitrogens with two attached hydrogens (primary N) is 1. The van der Waals surface area contributed by atoms with Crippen molar-refractivity contribution >= 4 is 27.7 Å². The number of fused-ring (bicyclic) bond motifs is 2. The number of para-hydroxylation sites is 2. The predicted molar refractivity (Wildman–Crippen MR) is 96.9 cm³/mol. The molecule has 0 atom stereocenters. The number of benzene rings is 2. The third-order valence-electron chi connectivity index (χ3n) is 4.67. The molecule has 1 amide bonds. The second kappa shape index (κ2) is 5.89. The minimum atomic E-state index is -0.264. The van der Waals surface area contributed by atoms with Gasteiger partial charge in [0.25, 0.3) is 0 Å². The highest BCUT2D eigenvalue weighted by molar-refractivity contribution is 5.88. The van der Waals surface area contributed by atoms with Crippen molar-refractivity contribution in [3.63, 3.8) is 0 Å². The Morgan fingerprint density at radius 2 is 1.38 bits per heavy atom. The molecule has 0 radical (unpaired) electrons. The van der Waals surface area contributed by atoms with Crippen LogP contribution in [0.3, 0.4) is 0 Å². The first-order valence-electron chi connectivity index (χ1n) is 8.14. The van der Waals surface area contributed by atoms with E-state index in [9.17, 15) is 4.79 Å². The molecule has 0 saturated heterocycles. The zero-order valence-electron chi connectivity index (χ0n) is 13.3. The second-order valence-electron chi connectivity index (χ2n) is 6.14. The fourth-order valence-corrected chi connectivity index (χ4v) is 3.53. The molecular weight excluding hydrogens is 298 g/mol. The number of carbonyl (C=O) groups is 1. The number of aromatic amines is 2. The molecule has 4 heteroatoms.